The molecule has 48 heavy (non-hydrogen) atoms. The number of hydrogen-bond donors (Lipinski definition) is 5. The normalized spacial score (nSPS) is 26.7. The summed E-state index contributed by atoms with van der Waals surface area (Å²) in [6, 6.07) is 17.8. The molecule has 5 rings (SSSR count). The minimum Gasteiger partial charge on any atom is -0.465 e. The number of nitrogens with one attached hydrogen (secondary N) is 4. The Kier molecular flexibility index (Phi) is 10.8. The Morgan fingerprint density at radius 1 is 1.02 bits per heavy atom. The highest BCUT2D eigenvalue weighted by molar-refractivity contribution is 7.92. The Morgan fingerprint density at radius 3 is 2.31 bits per heavy atom. The van der Waals surface area contributed by atoms with Crippen LogP contribution in [-0.2, 0) is 31.2 Å². The van der Waals surface area contributed by atoms with Crippen molar-refractivity contribution >= 4 is 39.1 Å². The zero-order chi connectivity index (χ0) is 34.7. The summed E-state index contributed by atoms with van der Waals surface area (Å²) >= 11 is 6.19. The maximum Gasteiger partial charge on any atom is 0.405 e. The summed E-state index contributed by atoms with van der Waals surface area (Å²) in [4.78, 5) is 25.2. The molecule has 6 atom stereocenters. The number of carbonyl (C=O) groups is 2. The maximum absolute atomic E-state index is 15.6. The Hall–Kier alpha value is -3.55. The van der Waals surface area contributed by atoms with E-state index in [9.17, 15) is 23.1 Å². The average molecular weight is 701 g/mol. The summed E-state index contributed by atoms with van der Waals surface area (Å²) in [6.45, 7) is 6.27. The molecular formula is C35H42ClFN4O6S. The van der Waals surface area contributed by atoms with Crippen molar-refractivity contribution in [3.63, 3.8) is 0 Å². The summed E-state index contributed by atoms with van der Waals surface area (Å²) in [7, 11) is -3.95. The first-order chi connectivity index (χ1) is 22.8. The van der Waals surface area contributed by atoms with Gasteiger partial charge in [-0.15, -0.1) is 0 Å². The van der Waals surface area contributed by atoms with Crippen molar-refractivity contribution in [1.82, 2.24) is 16.0 Å². The SMILES string of the molecule is C[C@@H]1C[C@](c2ccc(Cl)cc2)([C@H](NC(=O)O)C(=O)Nc2cccc(F)c2CC[C@]2(S(=O)(=O)c3ccccc3)CNC[C@H](C)N2)C[C@H](C)O1. The van der Waals surface area contributed by atoms with Gasteiger partial charge in [0.25, 0.3) is 0 Å². The van der Waals surface area contributed by atoms with Crippen molar-refractivity contribution in [3.05, 3.63) is 94.8 Å². The third-order valence-corrected chi connectivity index (χ3v) is 12.0. The standard InChI is InChI=1S/C35H42ClFN4O6S/c1-22-20-38-21-35(41-22,48(45,46)27-8-5-4-6-9-27)17-16-28-29(37)10-7-11-30(28)39-32(42)31(40-33(43)44)34(18-23(2)47-24(3)19-34)25-12-14-26(36)15-13-25/h4-15,22-24,31,38,40-41H,16-21H2,1-3H3,(H,39,42)(H,43,44)/t22-,23-,24+,31+,34+,35-/m0/s1. The number of carboxylic acid groups (broad SMARTS) is 1. The molecule has 2 aliphatic heterocycles. The van der Waals surface area contributed by atoms with Crippen molar-refractivity contribution in [2.45, 2.75) is 85.9 Å². The molecular weight excluding hydrogens is 659 g/mol. The van der Waals surface area contributed by atoms with Crippen molar-refractivity contribution < 1.29 is 32.2 Å². The van der Waals surface area contributed by atoms with Crippen LogP contribution in [0, 0.1) is 5.82 Å². The Balaban J connectivity index is 1.50. The molecule has 13 heteroatoms. The highest BCUT2D eigenvalue weighted by atomic mass is 35.5. The predicted octanol–water partition coefficient (Wildman–Crippen LogP) is 5.26. The second-order valence-electron chi connectivity index (χ2n) is 13.0. The van der Waals surface area contributed by atoms with E-state index in [0.717, 1.165) is 0 Å². The number of benzene rings is 3. The molecule has 0 bridgehead atoms. The van der Waals surface area contributed by atoms with Gasteiger partial charge in [0.15, 0.2) is 9.84 Å². The summed E-state index contributed by atoms with van der Waals surface area (Å²) in [5.74, 6) is -1.31. The molecule has 5 N–H and O–H groups in total. The number of ether oxygens (including phenoxy) is 1. The monoisotopic (exact) mass is 700 g/mol. The van der Waals surface area contributed by atoms with Crippen LogP contribution in [0.5, 0.6) is 0 Å². The topological polar surface area (TPSA) is 146 Å². The van der Waals surface area contributed by atoms with Crippen LogP contribution in [0.1, 0.15) is 51.2 Å². The quantitative estimate of drug-likeness (QED) is 0.193. The predicted molar refractivity (Wildman–Crippen MR) is 182 cm³/mol. The minimum atomic E-state index is -3.95. The molecule has 0 saturated carbocycles. The van der Waals surface area contributed by atoms with Crippen LogP contribution in [0.15, 0.2) is 77.7 Å². The summed E-state index contributed by atoms with van der Waals surface area (Å²) in [5.41, 5.74) is -0.0860. The molecule has 0 spiro atoms. The summed E-state index contributed by atoms with van der Waals surface area (Å²) in [5, 5.41) is 22.2. The van der Waals surface area contributed by atoms with E-state index in [1.807, 2.05) is 20.8 Å². The number of anilines is 1. The van der Waals surface area contributed by atoms with Crippen LogP contribution in [0.3, 0.4) is 0 Å². The number of carbonyl (C=O) groups excluding carboxylic acids is 1. The van der Waals surface area contributed by atoms with Crippen LogP contribution < -0.4 is 21.3 Å². The maximum atomic E-state index is 15.6. The van der Waals surface area contributed by atoms with Crippen molar-refractivity contribution in [2.24, 2.45) is 0 Å². The van der Waals surface area contributed by atoms with Crippen LogP contribution in [0.25, 0.3) is 0 Å². The first kappa shape index (κ1) is 35.7. The first-order valence-electron chi connectivity index (χ1n) is 16.0. The van der Waals surface area contributed by atoms with Gasteiger partial charge in [0, 0.05) is 40.8 Å². The molecule has 10 nitrogen and oxygen atoms in total. The lowest BCUT2D eigenvalue weighted by Crippen LogP contribution is -2.66. The molecule has 3 aromatic rings. The molecule has 0 unspecified atom stereocenters. The van der Waals surface area contributed by atoms with Crippen LogP contribution in [-0.4, -0.2) is 67.8 Å². The average Bonchev–Trinajstić information content (AvgIpc) is 3.03. The molecule has 2 heterocycles. The van der Waals surface area contributed by atoms with Gasteiger partial charge in [0.2, 0.25) is 5.91 Å². The zero-order valence-electron chi connectivity index (χ0n) is 27.1. The van der Waals surface area contributed by atoms with E-state index in [1.165, 1.54) is 30.3 Å². The van der Waals surface area contributed by atoms with E-state index >= 15 is 4.39 Å². The van der Waals surface area contributed by atoms with Crippen molar-refractivity contribution in [2.75, 3.05) is 18.4 Å². The molecule has 2 fully saturated rings. The molecule has 0 aromatic heterocycles. The van der Waals surface area contributed by atoms with Gasteiger partial charge in [-0.25, -0.2) is 17.6 Å². The van der Waals surface area contributed by atoms with E-state index in [-0.39, 0.29) is 53.8 Å². The van der Waals surface area contributed by atoms with Crippen LogP contribution in [0.2, 0.25) is 5.02 Å². The number of sulfone groups is 1. The van der Waals surface area contributed by atoms with Gasteiger partial charge in [-0.3, -0.25) is 10.1 Å². The Morgan fingerprint density at radius 2 is 1.69 bits per heavy atom. The highest BCUT2D eigenvalue weighted by Crippen LogP contribution is 2.43. The van der Waals surface area contributed by atoms with E-state index < -0.39 is 44.0 Å². The second kappa shape index (κ2) is 14.5. The fourth-order valence-corrected chi connectivity index (χ4v) is 9.51. The van der Waals surface area contributed by atoms with Gasteiger partial charge < -0.3 is 25.8 Å². The molecule has 2 saturated heterocycles. The molecule has 0 aliphatic carbocycles. The highest BCUT2D eigenvalue weighted by Gasteiger charge is 2.50. The number of halogens is 2. The van der Waals surface area contributed by atoms with E-state index in [2.05, 4.69) is 21.3 Å². The van der Waals surface area contributed by atoms with Crippen molar-refractivity contribution in [3.8, 4) is 0 Å². The fraction of sp³-hybridized carbons (Fsp3) is 0.429. The lowest BCUT2D eigenvalue weighted by atomic mass is 9.65. The van der Waals surface area contributed by atoms with Gasteiger partial charge in [-0.05, 0) is 88.4 Å². The number of amides is 2. The second-order valence-corrected chi connectivity index (χ2v) is 15.6. The lowest BCUT2D eigenvalue weighted by Gasteiger charge is -2.47. The number of hydrogen-bond acceptors (Lipinski definition) is 7. The Labute approximate surface area is 285 Å². The smallest absolute Gasteiger partial charge is 0.405 e. The largest absolute Gasteiger partial charge is 0.465 e. The summed E-state index contributed by atoms with van der Waals surface area (Å²) < 4.78 is 49.8. The lowest BCUT2D eigenvalue weighted by molar-refractivity contribution is -0.124. The van der Waals surface area contributed by atoms with Crippen molar-refractivity contribution in [1.29, 1.82) is 0 Å². The van der Waals surface area contributed by atoms with Crippen LogP contribution in [0.4, 0.5) is 14.9 Å². The summed E-state index contributed by atoms with van der Waals surface area (Å²) in [6.07, 6.45) is -1.41. The van der Waals surface area contributed by atoms with Gasteiger partial charge in [-0.2, -0.15) is 0 Å². The molecule has 258 valence electrons. The fourth-order valence-electron chi connectivity index (χ4n) is 7.40. The Bertz CT molecular complexity index is 1720. The third-order valence-electron chi connectivity index (χ3n) is 9.36. The number of rotatable bonds is 10. The molecule has 3 aromatic carbocycles. The van der Waals surface area contributed by atoms with Gasteiger partial charge in [0.05, 0.1) is 17.1 Å². The first-order valence-corrected chi connectivity index (χ1v) is 17.9. The van der Waals surface area contributed by atoms with Gasteiger partial charge in [-0.1, -0.05) is 48.0 Å². The molecule has 2 amide bonds. The zero-order valence-corrected chi connectivity index (χ0v) is 28.7. The molecule has 2 aliphatic rings. The van der Waals surface area contributed by atoms with Crippen LogP contribution >= 0.6 is 11.6 Å². The molecule has 0 radical (unpaired) electrons. The third kappa shape index (κ3) is 7.37. The number of piperazine rings is 1. The van der Waals surface area contributed by atoms with E-state index in [1.54, 1.807) is 42.5 Å². The minimum absolute atomic E-state index is 0.0107. The van der Waals surface area contributed by atoms with Gasteiger partial charge in [0.1, 0.15) is 16.7 Å². The van der Waals surface area contributed by atoms with Gasteiger partial charge >= 0.3 is 6.09 Å². The van der Waals surface area contributed by atoms with E-state index in [4.69, 9.17) is 16.3 Å². The van der Waals surface area contributed by atoms with E-state index in [0.29, 0.717) is 30.0 Å².